The van der Waals surface area contributed by atoms with Crippen molar-refractivity contribution in [3.63, 3.8) is 0 Å². The van der Waals surface area contributed by atoms with Gasteiger partial charge in [0.2, 0.25) is 0 Å². The van der Waals surface area contributed by atoms with Gasteiger partial charge in [0.1, 0.15) is 0 Å². The minimum Gasteiger partial charge on any atom is -0.478 e. The molecule has 1 aliphatic rings. The molecule has 20 heavy (non-hydrogen) atoms. The highest BCUT2D eigenvalue weighted by molar-refractivity contribution is 5.87. The first-order chi connectivity index (χ1) is 9.58. The van der Waals surface area contributed by atoms with Gasteiger partial charge < -0.3 is 20.1 Å². The fraction of sp³-hybridized carbons (Fsp3) is 0.429. The maximum atomic E-state index is 12.0. The number of nitrogens with one attached hydrogen (secondary N) is 1. The van der Waals surface area contributed by atoms with Crippen molar-refractivity contribution in [3.8, 4) is 0 Å². The Morgan fingerprint density at radius 3 is 2.70 bits per heavy atom. The van der Waals surface area contributed by atoms with Gasteiger partial charge in [0, 0.05) is 13.1 Å². The molecule has 0 radical (unpaired) electrons. The standard InChI is InChI=1S/C14H18N2O4/c1-10-9-20-7-6-16(10)14(19)15-8-11-2-4-12(5-3-11)13(17)18/h2-5,10H,6-9H2,1H3,(H,15,19)(H,17,18). The Kier molecular flexibility index (Phi) is 4.57. The first-order valence-corrected chi connectivity index (χ1v) is 6.52. The van der Waals surface area contributed by atoms with Crippen molar-refractivity contribution in [1.29, 1.82) is 0 Å². The van der Waals surface area contributed by atoms with E-state index in [4.69, 9.17) is 9.84 Å². The average molecular weight is 278 g/mol. The molecule has 1 aromatic carbocycles. The summed E-state index contributed by atoms with van der Waals surface area (Å²) >= 11 is 0. The number of rotatable bonds is 3. The second-order valence-electron chi connectivity index (χ2n) is 4.78. The van der Waals surface area contributed by atoms with Crippen molar-refractivity contribution < 1.29 is 19.4 Å². The molecule has 0 bridgehead atoms. The Morgan fingerprint density at radius 2 is 2.10 bits per heavy atom. The van der Waals surface area contributed by atoms with E-state index in [1.807, 2.05) is 6.92 Å². The number of carbonyl (C=O) groups is 2. The highest BCUT2D eigenvalue weighted by Crippen LogP contribution is 2.08. The summed E-state index contributed by atoms with van der Waals surface area (Å²) in [5.41, 5.74) is 1.10. The van der Waals surface area contributed by atoms with Crippen LogP contribution in [0.4, 0.5) is 4.79 Å². The molecule has 0 aromatic heterocycles. The summed E-state index contributed by atoms with van der Waals surface area (Å²) < 4.78 is 5.28. The van der Waals surface area contributed by atoms with Crippen LogP contribution < -0.4 is 5.32 Å². The van der Waals surface area contributed by atoms with Crippen molar-refractivity contribution in [2.45, 2.75) is 19.5 Å². The highest BCUT2D eigenvalue weighted by Gasteiger charge is 2.23. The Hall–Kier alpha value is -2.08. The zero-order valence-electron chi connectivity index (χ0n) is 11.3. The fourth-order valence-electron chi connectivity index (χ4n) is 2.07. The maximum absolute atomic E-state index is 12.0. The lowest BCUT2D eigenvalue weighted by molar-refractivity contribution is 0.0190. The Bertz CT molecular complexity index is 486. The molecule has 1 heterocycles. The van der Waals surface area contributed by atoms with Crippen LogP contribution in [0, 0.1) is 0 Å². The molecule has 2 rings (SSSR count). The molecule has 0 spiro atoms. The van der Waals surface area contributed by atoms with Crippen LogP contribution in [0.25, 0.3) is 0 Å². The predicted octanol–water partition coefficient (Wildman–Crippen LogP) is 1.32. The number of carbonyl (C=O) groups excluding carboxylic acids is 1. The van der Waals surface area contributed by atoms with E-state index < -0.39 is 5.97 Å². The third-order valence-electron chi connectivity index (χ3n) is 3.27. The SMILES string of the molecule is CC1COCCN1C(=O)NCc1ccc(C(=O)O)cc1. The van der Waals surface area contributed by atoms with Crippen molar-refractivity contribution in [3.05, 3.63) is 35.4 Å². The van der Waals surface area contributed by atoms with Crippen molar-refractivity contribution in [2.24, 2.45) is 0 Å². The summed E-state index contributed by atoms with van der Waals surface area (Å²) in [5, 5.41) is 11.6. The minimum atomic E-state index is -0.956. The first-order valence-electron chi connectivity index (χ1n) is 6.52. The number of aromatic carboxylic acids is 1. The molecule has 1 aliphatic heterocycles. The largest absolute Gasteiger partial charge is 0.478 e. The van der Waals surface area contributed by atoms with Crippen LogP contribution in [-0.4, -0.2) is 47.8 Å². The number of carboxylic acid groups (broad SMARTS) is 1. The zero-order valence-corrected chi connectivity index (χ0v) is 11.3. The normalized spacial score (nSPS) is 18.6. The van der Waals surface area contributed by atoms with Gasteiger partial charge in [-0.1, -0.05) is 12.1 Å². The van der Waals surface area contributed by atoms with E-state index in [1.54, 1.807) is 17.0 Å². The molecule has 2 amide bonds. The smallest absolute Gasteiger partial charge is 0.335 e. The molecule has 6 heteroatoms. The van der Waals surface area contributed by atoms with E-state index in [2.05, 4.69) is 5.32 Å². The van der Waals surface area contributed by atoms with Gasteiger partial charge in [-0.25, -0.2) is 9.59 Å². The number of carboxylic acids is 1. The third-order valence-corrected chi connectivity index (χ3v) is 3.27. The molecule has 1 fully saturated rings. The molecule has 0 aliphatic carbocycles. The number of nitrogens with zero attached hydrogens (tertiary/aromatic N) is 1. The van der Waals surface area contributed by atoms with Crippen LogP contribution in [-0.2, 0) is 11.3 Å². The van der Waals surface area contributed by atoms with E-state index in [0.29, 0.717) is 26.3 Å². The molecule has 1 saturated heterocycles. The molecular weight excluding hydrogens is 260 g/mol. The van der Waals surface area contributed by atoms with E-state index >= 15 is 0 Å². The van der Waals surface area contributed by atoms with Gasteiger partial charge in [-0.15, -0.1) is 0 Å². The number of benzene rings is 1. The lowest BCUT2D eigenvalue weighted by atomic mass is 10.1. The predicted molar refractivity (Wildman–Crippen MR) is 72.6 cm³/mol. The Balaban J connectivity index is 1.88. The van der Waals surface area contributed by atoms with E-state index in [9.17, 15) is 9.59 Å². The van der Waals surface area contributed by atoms with Crippen LogP contribution in [0.5, 0.6) is 0 Å². The van der Waals surface area contributed by atoms with Crippen molar-refractivity contribution in [2.75, 3.05) is 19.8 Å². The van der Waals surface area contributed by atoms with Crippen molar-refractivity contribution in [1.82, 2.24) is 10.2 Å². The van der Waals surface area contributed by atoms with Crippen LogP contribution in [0.15, 0.2) is 24.3 Å². The summed E-state index contributed by atoms with van der Waals surface area (Å²) in [4.78, 5) is 24.5. The minimum absolute atomic E-state index is 0.0677. The van der Waals surface area contributed by atoms with Gasteiger partial charge in [0.05, 0.1) is 24.8 Å². The van der Waals surface area contributed by atoms with Crippen LogP contribution in [0.1, 0.15) is 22.8 Å². The average Bonchev–Trinajstić information content (AvgIpc) is 2.45. The van der Waals surface area contributed by atoms with Crippen LogP contribution >= 0.6 is 0 Å². The summed E-state index contributed by atoms with van der Waals surface area (Å²) in [6.45, 7) is 4.03. The Morgan fingerprint density at radius 1 is 1.40 bits per heavy atom. The fourth-order valence-corrected chi connectivity index (χ4v) is 2.07. The number of hydrogen-bond donors (Lipinski definition) is 2. The summed E-state index contributed by atoms with van der Waals surface area (Å²) in [7, 11) is 0. The van der Waals surface area contributed by atoms with Gasteiger partial charge in [-0.2, -0.15) is 0 Å². The number of amides is 2. The van der Waals surface area contributed by atoms with E-state index in [-0.39, 0.29) is 17.6 Å². The molecule has 0 saturated carbocycles. The molecule has 108 valence electrons. The number of urea groups is 1. The third kappa shape index (κ3) is 3.48. The quantitative estimate of drug-likeness (QED) is 0.874. The number of ether oxygens (including phenoxy) is 1. The maximum Gasteiger partial charge on any atom is 0.335 e. The Labute approximate surface area is 117 Å². The van der Waals surface area contributed by atoms with Crippen molar-refractivity contribution >= 4 is 12.0 Å². The van der Waals surface area contributed by atoms with E-state index in [1.165, 1.54) is 12.1 Å². The van der Waals surface area contributed by atoms with E-state index in [0.717, 1.165) is 5.56 Å². The molecular formula is C14H18N2O4. The topological polar surface area (TPSA) is 78.9 Å². The lowest BCUT2D eigenvalue weighted by Gasteiger charge is -2.33. The van der Waals surface area contributed by atoms with Gasteiger partial charge in [-0.05, 0) is 24.6 Å². The van der Waals surface area contributed by atoms with Crippen LogP contribution in [0.3, 0.4) is 0 Å². The number of hydrogen-bond acceptors (Lipinski definition) is 3. The summed E-state index contributed by atoms with van der Waals surface area (Å²) in [5.74, 6) is -0.956. The zero-order chi connectivity index (χ0) is 14.5. The highest BCUT2D eigenvalue weighted by atomic mass is 16.5. The summed E-state index contributed by atoms with van der Waals surface area (Å²) in [6, 6.07) is 6.41. The molecule has 1 aromatic rings. The van der Waals surface area contributed by atoms with Gasteiger partial charge in [0.15, 0.2) is 0 Å². The number of morpholine rings is 1. The molecule has 1 atom stereocenters. The lowest BCUT2D eigenvalue weighted by Crippen LogP contribution is -2.51. The van der Waals surface area contributed by atoms with Gasteiger partial charge in [0.25, 0.3) is 0 Å². The first kappa shape index (κ1) is 14.3. The second kappa shape index (κ2) is 6.38. The molecule has 1 unspecified atom stereocenters. The summed E-state index contributed by atoms with van der Waals surface area (Å²) in [6.07, 6.45) is 0. The van der Waals surface area contributed by atoms with Gasteiger partial charge in [-0.3, -0.25) is 0 Å². The molecule has 2 N–H and O–H groups in total. The second-order valence-corrected chi connectivity index (χ2v) is 4.78. The van der Waals surface area contributed by atoms with Gasteiger partial charge >= 0.3 is 12.0 Å². The van der Waals surface area contributed by atoms with Crippen LogP contribution in [0.2, 0.25) is 0 Å². The monoisotopic (exact) mass is 278 g/mol. The molecule has 6 nitrogen and oxygen atoms in total.